The van der Waals surface area contributed by atoms with Gasteiger partial charge in [-0.3, -0.25) is 0 Å². The molecule has 1 saturated heterocycles. The van der Waals surface area contributed by atoms with E-state index in [2.05, 4.69) is 32.7 Å². The quantitative estimate of drug-likeness (QED) is 0.906. The van der Waals surface area contributed by atoms with E-state index in [-0.39, 0.29) is 5.60 Å². The summed E-state index contributed by atoms with van der Waals surface area (Å²) in [5.41, 5.74) is 1.19. The maximum atomic E-state index is 5.55. The molecule has 0 amide bonds. The van der Waals surface area contributed by atoms with Crippen molar-refractivity contribution >= 4 is 27.3 Å². The number of methoxy groups -OCH3 is 1. The molecular formula is C11H16BrNO2S. The van der Waals surface area contributed by atoms with Crippen molar-refractivity contribution in [2.24, 2.45) is 0 Å². The molecule has 1 fully saturated rings. The van der Waals surface area contributed by atoms with Gasteiger partial charge in [-0.25, -0.2) is 0 Å². The molecule has 3 nitrogen and oxygen atoms in total. The van der Waals surface area contributed by atoms with Crippen molar-refractivity contribution in [3.8, 4) is 0 Å². The molecule has 0 aromatic carbocycles. The van der Waals surface area contributed by atoms with Crippen molar-refractivity contribution in [3.63, 3.8) is 0 Å². The summed E-state index contributed by atoms with van der Waals surface area (Å²) in [7, 11) is 1.76. The lowest BCUT2D eigenvalue weighted by Crippen LogP contribution is -2.42. The fourth-order valence-electron chi connectivity index (χ4n) is 1.83. The number of thiophene rings is 1. The second kappa shape index (κ2) is 5.60. The van der Waals surface area contributed by atoms with E-state index in [0.717, 1.165) is 26.1 Å². The average molecular weight is 306 g/mol. The number of nitrogens with one attached hydrogen (secondary N) is 1. The normalized spacial score (nSPS) is 25.1. The van der Waals surface area contributed by atoms with Crippen molar-refractivity contribution in [3.05, 3.63) is 20.8 Å². The van der Waals surface area contributed by atoms with E-state index in [1.165, 1.54) is 9.35 Å². The first-order chi connectivity index (χ1) is 7.74. The van der Waals surface area contributed by atoms with Crippen LogP contribution in [0.3, 0.4) is 0 Å². The van der Waals surface area contributed by atoms with Gasteiger partial charge in [0.1, 0.15) is 5.60 Å². The van der Waals surface area contributed by atoms with E-state index < -0.39 is 0 Å². The molecule has 0 aliphatic carbocycles. The largest absolute Gasteiger partial charge is 0.378 e. The molecule has 1 aliphatic rings. The zero-order chi connectivity index (χ0) is 11.4. The van der Waals surface area contributed by atoms with Gasteiger partial charge in [-0.15, -0.1) is 11.3 Å². The van der Waals surface area contributed by atoms with Crippen LogP contribution in [0.2, 0.25) is 0 Å². The smallest absolute Gasteiger partial charge is 0.106 e. The summed E-state index contributed by atoms with van der Waals surface area (Å²) in [5.74, 6) is 0. The Morgan fingerprint density at radius 1 is 1.69 bits per heavy atom. The van der Waals surface area contributed by atoms with Crippen LogP contribution >= 0.6 is 27.3 Å². The Hall–Kier alpha value is 0.0600. The van der Waals surface area contributed by atoms with Gasteiger partial charge in [-0.05, 0) is 32.9 Å². The number of rotatable bonds is 5. The first-order valence-electron chi connectivity index (χ1n) is 5.31. The number of hydrogen-bond donors (Lipinski definition) is 1. The van der Waals surface area contributed by atoms with Gasteiger partial charge in [0, 0.05) is 33.2 Å². The third kappa shape index (κ3) is 3.05. The highest BCUT2D eigenvalue weighted by Crippen LogP contribution is 2.23. The van der Waals surface area contributed by atoms with Crippen LogP contribution in [0.25, 0.3) is 0 Å². The zero-order valence-corrected chi connectivity index (χ0v) is 11.7. The minimum Gasteiger partial charge on any atom is -0.378 e. The molecule has 90 valence electrons. The highest BCUT2D eigenvalue weighted by Gasteiger charge is 2.34. The zero-order valence-electron chi connectivity index (χ0n) is 9.29. The molecule has 2 rings (SSSR count). The third-order valence-electron chi connectivity index (χ3n) is 2.90. The fraction of sp³-hybridized carbons (Fsp3) is 0.636. The van der Waals surface area contributed by atoms with Crippen LogP contribution < -0.4 is 5.32 Å². The van der Waals surface area contributed by atoms with Crippen LogP contribution in [-0.2, 0) is 16.0 Å². The van der Waals surface area contributed by atoms with Crippen LogP contribution in [0.5, 0.6) is 0 Å². The van der Waals surface area contributed by atoms with Crippen molar-refractivity contribution in [2.75, 3.05) is 26.9 Å². The molecule has 0 saturated carbocycles. The predicted molar refractivity (Wildman–Crippen MR) is 68.9 cm³/mol. The molecular weight excluding hydrogens is 290 g/mol. The molecule has 2 heterocycles. The Labute approximate surface area is 108 Å². The standard InChI is InChI=1S/C11H16BrNO2S/c1-14-11(2-3-15-8-11)7-13-5-9-4-10(12)16-6-9/h4,6,13H,2-3,5,7-8H2,1H3. The minimum atomic E-state index is -0.118. The van der Waals surface area contributed by atoms with Crippen molar-refractivity contribution in [1.82, 2.24) is 5.32 Å². The van der Waals surface area contributed by atoms with Crippen LogP contribution in [0.4, 0.5) is 0 Å². The molecule has 0 radical (unpaired) electrons. The maximum Gasteiger partial charge on any atom is 0.106 e. The molecule has 1 N–H and O–H groups in total. The van der Waals surface area contributed by atoms with Gasteiger partial charge in [0.05, 0.1) is 10.4 Å². The van der Waals surface area contributed by atoms with Gasteiger partial charge in [-0.1, -0.05) is 0 Å². The van der Waals surface area contributed by atoms with Crippen molar-refractivity contribution in [1.29, 1.82) is 0 Å². The predicted octanol–water partition coefficient (Wildman–Crippen LogP) is 2.41. The molecule has 0 bridgehead atoms. The lowest BCUT2D eigenvalue weighted by molar-refractivity contribution is -0.0159. The maximum absolute atomic E-state index is 5.55. The van der Waals surface area contributed by atoms with E-state index in [1.807, 2.05) is 0 Å². The van der Waals surface area contributed by atoms with Crippen LogP contribution in [0.1, 0.15) is 12.0 Å². The second-order valence-electron chi connectivity index (χ2n) is 4.05. The Bertz CT molecular complexity index is 336. The Morgan fingerprint density at radius 3 is 3.12 bits per heavy atom. The van der Waals surface area contributed by atoms with E-state index in [9.17, 15) is 0 Å². The summed E-state index contributed by atoms with van der Waals surface area (Å²) in [6.45, 7) is 3.23. The molecule has 1 unspecified atom stereocenters. The van der Waals surface area contributed by atoms with E-state index >= 15 is 0 Å². The summed E-state index contributed by atoms with van der Waals surface area (Å²) in [5, 5.41) is 5.58. The number of hydrogen-bond acceptors (Lipinski definition) is 4. The molecule has 1 atom stereocenters. The van der Waals surface area contributed by atoms with E-state index in [4.69, 9.17) is 9.47 Å². The fourth-order valence-corrected chi connectivity index (χ4v) is 3.04. The highest BCUT2D eigenvalue weighted by molar-refractivity contribution is 9.11. The summed E-state index contributed by atoms with van der Waals surface area (Å²) in [6, 6.07) is 2.14. The monoisotopic (exact) mass is 305 g/mol. The van der Waals surface area contributed by atoms with Crippen LogP contribution in [-0.4, -0.2) is 32.5 Å². The van der Waals surface area contributed by atoms with E-state index in [1.54, 1.807) is 18.4 Å². The summed E-state index contributed by atoms with van der Waals surface area (Å²) in [6.07, 6.45) is 0.976. The third-order valence-corrected chi connectivity index (χ3v) is 4.45. The van der Waals surface area contributed by atoms with Crippen molar-refractivity contribution < 1.29 is 9.47 Å². The number of ether oxygens (including phenoxy) is 2. The second-order valence-corrected chi connectivity index (χ2v) is 6.34. The van der Waals surface area contributed by atoms with Gasteiger partial charge in [0.15, 0.2) is 0 Å². The molecule has 5 heteroatoms. The Morgan fingerprint density at radius 2 is 2.56 bits per heavy atom. The average Bonchev–Trinajstić information content (AvgIpc) is 2.89. The first-order valence-corrected chi connectivity index (χ1v) is 6.98. The van der Waals surface area contributed by atoms with Gasteiger partial charge >= 0.3 is 0 Å². The Balaban J connectivity index is 1.78. The summed E-state index contributed by atoms with van der Waals surface area (Å²) < 4.78 is 12.1. The summed E-state index contributed by atoms with van der Waals surface area (Å²) >= 11 is 5.17. The molecule has 1 aromatic rings. The van der Waals surface area contributed by atoms with Gasteiger partial charge in [0.2, 0.25) is 0 Å². The Kier molecular flexibility index (Phi) is 4.38. The van der Waals surface area contributed by atoms with Crippen LogP contribution in [0, 0.1) is 0 Å². The molecule has 1 aliphatic heterocycles. The van der Waals surface area contributed by atoms with Gasteiger partial charge in [0.25, 0.3) is 0 Å². The lowest BCUT2D eigenvalue weighted by atomic mass is 10.0. The number of halogens is 1. The van der Waals surface area contributed by atoms with Crippen LogP contribution in [0.15, 0.2) is 15.2 Å². The first kappa shape index (κ1) is 12.5. The van der Waals surface area contributed by atoms with Crippen molar-refractivity contribution in [2.45, 2.75) is 18.6 Å². The molecule has 16 heavy (non-hydrogen) atoms. The lowest BCUT2D eigenvalue weighted by Gasteiger charge is -2.25. The van der Waals surface area contributed by atoms with Gasteiger partial charge in [-0.2, -0.15) is 0 Å². The molecule has 0 spiro atoms. The SMILES string of the molecule is COC1(CNCc2csc(Br)c2)CCOC1. The van der Waals surface area contributed by atoms with Gasteiger partial charge < -0.3 is 14.8 Å². The minimum absolute atomic E-state index is 0.118. The topological polar surface area (TPSA) is 30.5 Å². The summed E-state index contributed by atoms with van der Waals surface area (Å²) in [4.78, 5) is 0. The molecule has 1 aromatic heterocycles. The van der Waals surface area contributed by atoms with E-state index in [0.29, 0.717) is 6.61 Å². The highest BCUT2D eigenvalue weighted by atomic mass is 79.9.